The normalized spacial score (nSPS) is 22.4. The fraction of sp³-hybridized carbons (Fsp3) is 0.286. The maximum Gasteiger partial charge on any atom is 0.339 e. The Morgan fingerprint density at radius 1 is 1.22 bits per heavy atom. The van der Waals surface area contributed by atoms with Crippen molar-refractivity contribution in [3.8, 4) is 17.3 Å². The molecule has 4 heterocycles. The number of benzene rings is 1. The highest BCUT2D eigenvalue weighted by Gasteiger charge is 2.49. The number of aromatic nitrogens is 5. The third kappa shape index (κ3) is 2.56. The molecule has 0 saturated heterocycles. The van der Waals surface area contributed by atoms with Crippen LogP contribution in [0.1, 0.15) is 47.6 Å². The number of nitrogen functional groups attached to an aromatic ring is 1. The van der Waals surface area contributed by atoms with Crippen molar-refractivity contribution in [1.29, 1.82) is 0 Å². The Labute approximate surface area is 185 Å². The second kappa shape index (κ2) is 6.67. The summed E-state index contributed by atoms with van der Waals surface area (Å²) in [4.78, 5) is 21.2. The molecule has 0 amide bonds. The monoisotopic (exact) mass is 452 g/mol. The lowest BCUT2D eigenvalue weighted by atomic mass is 9.77. The van der Waals surface area contributed by atoms with Crippen LogP contribution in [0, 0.1) is 0 Å². The standard InChI is InChI=1S/C21H17ClN6O4/c22-17-15-12(6-9-24-17)28(19(25-15)16-18(23)27-32-26-16)10-4-7-21(8-5-10)14-11(20(30)31-21)2-1-3-13(14)29/h1-3,6,9-10,29H,4-5,7-8H2,(H2,23,27). The number of phenolic OH excluding ortho intramolecular Hbond substituents is 1. The highest BCUT2D eigenvalue weighted by molar-refractivity contribution is 6.33. The quantitative estimate of drug-likeness (QED) is 0.344. The SMILES string of the molecule is Nc1nonc1-c1nc2c(Cl)nccc2n1C1CCC2(CC1)OC(=O)c1cccc(O)c12. The number of hydrogen-bond acceptors (Lipinski definition) is 9. The molecule has 0 radical (unpaired) electrons. The number of nitrogens with zero attached hydrogens (tertiary/aromatic N) is 5. The number of ether oxygens (including phenoxy) is 1. The number of hydrogen-bond donors (Lipinski definition) is 2. The van der Waals surface area contributed by atoms with Gasteiger partial charge in [0.15, 0.2) is 22.5 Å². The van der Waals surface area contributed by atoms with E-state index in [-0.39, 0.29) is 22.8 Å². The molecule has 11 heteroatoms. The van der Waals surface area contributed by atoms with Crippen LogP contribution in [0.5, 0.6) is 5.75 Å². The first kappa shape index (κ1) is 19.1. The Hall–Kier alpha value is -3.66. The van der Waals surface area contributed by atoms with Crippen molar-refractivity contribution in [3.05, 3.63) is 46.7 Å². The van der Waals surface area contributed by atoms with Gasteiger partial charge in [0.05, 0.1) is 16.6 Å². The second-order valence-corrected chi connectivity index (χ2v) is 8.45. The van der Waals surface area contributed by atoms with E-state index in [2.05, 4.69) is 20.3 Å². The van der Waals surface area contributed by atoms with Crippen LogP contribution in [0.25, 0.3) is 22.6 Å². The Morgan fingerprint density at radius 3 is 2.78 bits per heavy atom. The number of halogens is 1. The van der Waals surface area contributed by atoms with Crippen LogP contribution in [-0.2, 0) is 10.3 Å². The van der Waals surface area contributed by atoms with Gasteiger partial charge in [0, 0.05) is 12.2 Å². The lowest BCUT2D eigenvalue weighted by Crippen LogP contribution is -2.33. The van der Waals surface area contributed by atoms with Crippen LogP contribution in [0.4, 0.5) is 5.82 Å². The highest BCUT2D eigenvalue weighted by Crippen LogP contribution is 2.52. The number of nitrogens with two attached hydrogens (primary N) is 1. The molecule has 1 aromatic carbocycles. The van der Waals surface area contributed by atoms with E-state index < -0.39 is 11.6 Å². The average Bonchev–Trinajstić information content (AvgIpc) is 3.45. The molecule has 0 unspecified atom stereocenters. The molecular weight excluding hydrogens is 436 g/mol. The van der Waals surface area contributed by atoms with Crippen LogP contribution in [0.2, 0.25) is 5.15 Å². The van der Waals surface area contributed by atoms with Crippen LogP contribution >= 0.6 is 11.6 Å². The van der Waals surface area contributed by atoms with Gasteiger partial charge in [-0.3, -0.25) is 0 Å². The smallest absolute Gasteiger partial charge is 0.339 e. The number of anilines is 1. The predicted molar refractivity (Wildman–Crippen MR) is 113 cm³/mol. The number of phenols is 1. The summed E-state index contributed by atoms with van der Waals surface area (Å²) >= 11 is 6.31. The average molecular weight is 453 g/mol. The Kier molecular flexibility index (Phi) is 3.97. The van der Waals surface area contributed by atoms with E-state index in [1.54, 1.807) is 24.4 Å². The summed E-state index contributed by atoms with van der Waals surface area (Å²) in [6.07, 6.45) is 4.01. The van der Waals surface area contributed by atoms with E-state index in [9.17, 15) is 9.90 Å². The third-order valence-corrected chi connectivity index (χ3v) is 6.70. The van der Waals surface area contributed by atoms with Gasteiger partial charge in [0.25, 0.3) is 0 Å². The van der Waals surface area contributed by atoms with Gasteiger partial charge in [0.1, 0.15) is 16.9 Å². The largest absolute Gasteiger partial charge is 0.507 e. The Morgan fingerprint density at radius 2 is 2.03 bits per heavy atom. The summed E-state index contributed by atoms with van der Waals surface area (Å²) in [6, 6.07) is 6.75. The number of carbonyl (C=O) groups is 1. The van der Waals surface area contributed by atoms with E-state index in [0.717, 1.165) is 5.52 Å². The fourth-order valence-electron chi connectivity index (χ4n) is 5.03. The number of pyridine rings is 1. The van der Waals surface area contributed by atoms with E-state index in [4.69, 9.17) is 26.7 Å². The van der Waals surface area contributed by atoms with Crippen molar-refractivity contribution in [3.63, 3.8) is 0 Å². The van der Waals surface area contributed by atoms with Gasteiger partial charge in [-0.1, -0.05) is 17.7 Å². The molecule has 10 nitrogen and oxygen atoms in total. The molecule has 1 aliphatic heterocycles. The number of imidazole rings is 1. The van der Waals surface area contributed by atoms with Gasteiger partial charge in [-0.25, -0.2) is 19.4 Å². The van der Waals surface area contributed by atoms with Crippen LogP contribution < -0.4 is 5.73 Å². The zero-order valence-electron chi connectivity index (χ0n) is 16.7. The molecular formula is C21H17ClN6O4. The lowest BCUT2D eigenvalue weighted by Gasteiger charge is -2.37. The van der Waals surface area contributed by atoms with E-state index in [0.29, 0.717) is 53.8 Å². The maximum absolute atomic E-state index is 12.5. The van der Waals surface area contributed by atoms with E-state index in [1.807, 2.05) is 10.6 Å². The second-order valence-electron chi connectivity index (χ2n) is 8.09. The highest BCUT2D eigenvalue weighted by atomic mass is 35.5. The summed E-state index contributed by atoms with van der Waals surface area (Å²) in [5, 5.41) is 18.4. The van der Waals surface area contributed by atoms with Crippen molar-refractivity contribution >= 4 is 34.4 Å². The fourth-order valence-corrected chi connectivity index (χ4v) is 5.23. The van der Waals surface area contributed by atoms with Gasteiger partial charge in [0.2, 0.25) is 0 Å². The van der Waals surface area contributed by atoms with Crippen molar-refractivity contribution in [2.75, 3.05) is 5.73 Å². The first-order valence-corrected chi connectivity index (χ1v) is 10.5. The summed E-state index contributed by atoms with van der Waals surface area (Å²) in [7, 11) is 0. The van der Waals surface area contributed by atoms with Gasteiger partial charge < -0.3 is 20.1 Å². The molecule has 3 aromatic heterocycles. The van der Waals surface area contributed by atoms with Gasteiger partial charge in [-0.15, -0.1) is 0 Å². The zero-order chi connectivity index (χ0) is 22.0. The molecule has 0 atom stereocenters. The topological polar surface area (TPSA) is 142 Å². The van der Waals surface area contributed by atoms with Crippen molar-refractivity contribution in [2.45, 2.75) is 37.3 Å². The molecule has 0 bridgehead atoms. The summed E-state index contributed by atoms with van der Waals surface area (Å²) in [6.45, 7) is 0. The first-order valence-electron chi connectivity index (χ1n) is 10.2. The van der Waals surface area contributed by atoms with Crippen LogP contribution in [0.3, 0.4) is 0 Å². The Balaban J connectivity index is 1.42. The molecule has 1 saturated carbocycles. The third-order valence-electron chi connectivity index (χ3n) is 6.42. The molecule has 1 fully saturated rings. The number of rotatable bonds is 2. The van der Waals surface area contributed by atoms with Gasteiger partial charge in [-0.2, -0.15) is 0 Å². The number of esters is 1. The number of fused-ring (bicyclic) bond motifs is 3. The van der Waals surface area contributed by atoms with Crippen molar-refractivity contribution < 1.29 is 19.3 Å². The zero-order valence-corrected chi connectivity index (χ0v) is 17.4. The molecule has 162 valence electrons. The minimum Gasteiger partial charge on any atom is -0.507 e. The predicted octanol–water partition coefficient (Wildman–Crippen LogP) is 3.60. The van der Waals surface area contributed by atoms with E-state index in [1.165, 1.54) is 0 Å². The van der Waals surface area contributed by atoms with Gasteiger partial charge >= 0.3 is 5.97 Å². The summed E-state index contributed by atoms with van der Waals surface area (Å²) in [5.74, 6) is 0.296. The molecule has 1 spiro atoms. The summed E-state index contributed by atoms with van der Waals surface area (Å²) in [5.41, 5.74) is 7.77. The van der Waals surface area contributed by atoms with Crippen molar-refractivity contribution in [2.24, 2.45) is 0 Å². The lowest BCUT2D eigenvalue weighted by molar-refractivity contribution is -0.0352. The molecule has 3 N–H and O–H groups in total. The Bertz CT molecular complexity index is 1390. The molecule has 2 aliphatic rings. The molecule has 4 aromatic rings. The van der Waals surface area contributed by atoms with Crippen LogP contribution in [0.15, 0.2) is 35.1 Å². The number of carbonyl (C=O) groups excluding carboxylic acids is 1. The maximum atomic E-state index is 12.5. The molecule has 6 rings (SSSR count). The first-order chi connectivity index (χ1) is 15.5. The number of aromatic hydroxyl groups is 1. The van der Waals surface area contributed by atoms with Crippen molar-refractivity contribution in [1.82, 2.24) is 24.8 Å². The minimum absolute atomic E-state index is 0.0104. The molecule has 1 aliphatic carbocycles. The molecule has 32 heavy (non-hydrogen) atoms. The van der Waals surface area contributed by atoms with Crippen LogP contribution in [-0.4, -0.2) is 35.9 Å². The van der Waals surface area contributed by atoms with Gasteiger partial charge in [-0.05, 0) is 54.2 Å². The minimum atomic E-state index is -0.835. The summed E-state index contributed by atoms with van der Waals surface area (Å²) < 4.78 is 12.6. The van der Waals surface area contributed by atoms with E-state index >= 15 is 0 Å².